The Bertz CT molecular complexity index is 562. The Balaban J connectivity index is 1.96. The van der Waals surface area contributed by atoms with Crippen LogP contribution in [0.3, 0.4) is 0 Å². The minimum absolute atomic E-state index is 0.660. The molecule has 0 aliphatic rings. The van der Waals surface area contributed by atoms with Crippen molar-refractivity contribution in [3.63, 3.8) is 0 Å². The fourth-order valence-electron chi connectivity index (χ4n) is 1.98. The Morgan fingerprint density at radius 2 is 1.89 bits per heavy atom. The Kier molecular flexibility index (Phi) is 4.56. The van der Waals surface area contributed by atoms with Crippen molar-refractivity contribution in [2.45, 2.75) is 13.3 Å². The molecule has 2 nitrogen and oxygen atoms in total. The topological polar surface area (TPSA) is 38.0 Å². The molecule has 0 radical (unpaired) electrons. The van der Waals surface area contributed by atoms with Crippen LogP contribution in [-0.4, -0.2) is 6.54 Å². The smallest absolute Gasteiger partial charge is 0.0453 e. The lowest BCUT2D eigenvalue weighted by atomic mass is 10.1. The molecule has 2 rings (SSSR count). The van der Waals surface area contributed by atoms with Crippen molar-refractivity contribution in [1.29, 1.82) is 0 Å². The van der Waals surface area contributed by atoms with Gasteiger partial charge in [0.1, 0.15) is 0 Å². The molecule has 4 heteroatoms. The van der Waals surface area contributed by atoms with Gasteiger partial charge >= 0.3 is 0 Å². The van der Waals surface area contributed by atoms with Crippen molar-refractivity contribution in [2.75, 3.05) is 17.6 Å². The van der Waals surface area contributed by atoms with Crippen LogP contribution in [0.5, 0.6) is 0 Å². The highest BCUT2D eigenvalue weighted by Crippen LogP contribution is 2.22. The van der Waals surface area contributed by atoms with Crippen LogP contribution in [0.1, 0.15) is 11.1 Å². The van der Waals surface area contributed by atoms with Gasteiger partial charge in [-0.15, -0.1) is 0 Å². The first-order chi connectivity index (χ1) is 9.04. The molecule has 0 unspecified atom stereocenters. The van der Waals surface area contributed by atoms with Crippen LogP contribution in [-0.2, 0) is 6.42 Å². The zero-order chi connectivity index (χ0) is 13.8. The monoisotopic (exact) mass is 294 g/mol. The Labute approximate surface area is 123 Å². The normalized spacial score (nSPS) is 10.5. The molecule has 0 aromatic heterocycles. The molecule has 3 N–H and O–H groups in total. The van der Waals surface area contributed by atoms with Crippen LogP contribution in [0.2, 0.25) is 10.0 Å². The molecule has 0 atom stereocenters. The molecular weight excluding hydrogens is 279 g/mol. The highest BCUT2D eigenvalue weighted by atomic mass is 35.5. The standard InChI is InChI=1S/C15H16Cl2N2/c1-10-6-13(18)9-14(7-10)19-5-4-11-2-3-12(16)8-15(11)17/h2-3,6-9,19H,4-5,18H2,1H3. The molecule has 0 fully saturated rings. The number of nitrogen functional groups attached to an aromatic ring is 1. The van der Waals surface area contributed by atoms with Gasteiger partial charge in [0, 0.05) is 28.0 Å². The van der Waals surface area contributed by atoms with Gasteiger partial charge < -0.3 is 11.1 Å². The number of nitrogens with two attached hydrogens (primary N) is 1. The van der Waals surface area contributed by atoms with Gasteiger partial charge in [0.05, 0.1) is 0 Å². The van der Waals surface area contributed by atoms with Crippen LogP contribution in [0.4, 0.5) is 11.4 Å². The maximum atomic E-state index is 6.13. The van der Waals surface area contributed by atoms with Crippen LogP contribution in [0.25, 0.3) is 0 Å². The van der Waals surface area contributed by atoms with E-state index in [2.05, 4.69) is 11.4 Å². The predicted molar refractivity (Wildman–Crippen MR) is 84.2 cm³/mol. The molecular formula is C15H16Cl2N2. The van der Waals surface area contributed by atoms with Gasteiger partial charge in [-0.05, 0) is 54.8 Å². The third-order valence-corrected chi connectivity index (χ3v) is 3.43. The second-order valence-corrected chi connectivity index (χ2v) is 5.39. The first-order valence-electron chi connectivity index (χ1n) is 6.09. The number of anilines is 2. The van der Waals surface area contributed by atoms with Gasteiger partial charge in [-0.2, -0.15) is 0 Å². The highest BCUT2D eigenvalue weighted by Gasteiger charge is 2.01. The lowest BCUT2D eigenvalue weighted by molar-refractivity contribution is 1.02. The molecule has 0 saturated carbocycles. The van der Waals surface area contributed by atoms with Crippen LogP contribution < -0.4 is 11.1 Å². The number of aryl methyl sites for hydroxylation is 1. The van der Waals surface area contributed by atoms with Crippen molar-refractivity contribution in [1.82, 2.24) is 0 Å². The van der Waals surface area contributed by atoms with E-state index in [9.17, 15) is 0 Å². The lowest BCUT2D eigenvalue weighted by Crippen LogP contribution is -2.05. The van der Waals surface area contributed by atoms with Crippen LogP contribution in [0, 0.1) is 6.92 Å². The van der Waals surface area contributed by atoms with Gasteiger partial charge in [0.2, 0.25) is 0 Å². The maximum Gasteiger partial charge on any atom is 0.0453 e. The fourth-order valence-corrected chi connectivity index (χ4v) is 2.48. The molecule has 2 aromatic rings. The SMILES string of the molecule is Cc1cc(N)cc(NCCc2ccc(Cl)cc2Cl)c1. The average Bonchev–Trinajstić information content (AvgIpc) is 2.30. The Hall–Kier alpha value is -1.38. The zero-order valence-electron chi connectivity index (χ0n) is 10.7. The van der Waals surface area contributed by atoms with Gasteiger partial charge in [-0.25, -0.2) is 0 Å². The summed E-state index contributed by atoms with van der Waals surface area (Å²) in [7, 11) is 0. The predicted octanol–water partition coefficient (Wildman–Crippen LogP) is 4.54. The number of benzene rings is 2. The molecule has 0 aliphatic carbocycles. The first-order valence-corrected chi connectivity index (χ1v) is 6.85. The summed E-state index contributed by atoms with van der Waals surface area (Å²) in [6.45, 7) is 2.82. The summed E-state index contributed by atoms with van der Waals surface area (Å²) in [6, 6.07) is 11.5. The largest absolute Gasteiger partial charge is 0.399 e. The molecule has 0 bridgehead atoms. The van der Waals surface area contributed by atoms with E-state index in [1.54, 1.807) is 6.07 Å². The summed E-state index contributed by atoms with van der Waals surface area (Å²) in [5.74, 6) is 0. The molecule has 0 amide bonds. The summed E-state index contributed by atoms with van der Waals surface area (Å²) in [4.78, 5) is 0. The average molecular weight is 295 g/mol. The van der Waals surface area contributed by atoms with E-state index in [0.29, 0.717) is 10.0 Å². The van der Waals surface area contributed by atoms with E-state index in [1.165, 1.54) is 0 Å². The summed E-state index contributed by atoms with van der Waals surface area (Å²) in [5.41, 5.74) is 9.84. The molecule has 0 saturated heterocycles. The first kappa shape index (κ1) is 14.0. The second kappa shape index (κ2) is 6.18. The van der Waals surface area contributed by atoms with E-state index in [1.807, 2.05) is 31.2 Å². The minimum atomic E-state index is 0.660. The molecule has 0 spiro atoms. The zero-order valence-corrected chi connectivity index (χ0v) is 12.2. The molecule has 100 valence electrons. The van der Waals surface area contributed by atoms with Crippen molar-refractivity contribution >= 4 is 34.6 Å². The van der Waals surface area contributed by atoms with Crippen molar-refractivity contribution in [3.8, 4) is 0 Å². The van der Waals surface area contributed by atoms with E-state index >= 15 is 0 Å². The summed E-state index contributed by atoms with van der Waals surface area (Å²) in [6.07, 6.45) is 0.837. The third kappa shape index (κ3) is 4.05. The fraction of sp³-hybridized carbons (Fsp3) is 0.200. The summed E-state index contributed by atoms with van der Waals surface area (Å²) in [5, 5.41) is 4.71. The highest BCUT2D eigenvalue weighted by molar-refractivity contribution is 6.35. The van der Waals surface area contributed by atoms with Crippen molar-refractivity contribution in [2.24, 2.45) is 0 Å². The number of hydrogen-bond acceptors (Lipinski definition) is 2. The van der Waals surface area contributed by atoms with E-state index in [4.69, 9.17) is 28.9 Å². The number of hydrogen-bond donors (Lipinski definition) is 2. The number of nitrogens with one attached hydrogen (secondary N) is 1. The van der Waals surface area contributed by atoms with Crippen LogP contribution >= 0.6 is 23.2 Å². The summed E-state index contributed by atoms with van der Waals surface area (Å²) >= 11 is 12.0. The minimum Gasteiger partial charge on any atom is -0.399 e. The molecule has 19 heavy (non-hydrogen) atoms. The summed E-state index contributed by atoms with van der Waals surface area (Å²) < 4.78 is 0. The number of halogens is 2. The van der Waals surface area contributed by atoms with Crippen molar-refractivity contribution in [3.05, 3.63) is 57.6 Å². The van der Waals surface area contributed by atoms with Crippen molar-refractivity contribution < 1.29 is 0 Å². The van der Waals surface area contributed by atoms with Crippen LogP contribution in [0.15, 0.2) is 36.4 Å². The van der Waals surface area contributed by atoms with Gasteiger partial charge in [-0.3, -0.25) is 0 Å². The van der Waals surface area contributed by atoms with Gasteiger partial charge in [0.25, 0.3) is 0 Å². The Morgan fingerprint density at radius 1 is 1.11 bits per heavy atom. The third-order valence-electron chi connectivity index (χ3n) is 2.84. The van der Waals surface area contributed by atoms with E-state index in [0.717, 1.165) is 35.5 Å². The molecule has 0 heterocycles. The lowest BCUT2D eigenvalue weighted by Gasteiger charge is -2.09. The molecule has 2 aromatic carbocycles. The maximum absolute atomic E-state index is 6.13. The van der Waals surface area contributed by atoms with E-state index < -0.39 is 0 Å². The van der Waals surface area contributed by atoms with Gasteiger partial charge in [-0.1, -0.05) is 29.3 Å². The second-order valence-electron chi connectivity index (χ2n) is 4.54. The Morgan fingerprint density at radius 3 is 2.58 bits per heavy atom. The van der Waals surface area contributed by atoms with E-state index in [-0.39, 0.29) is 0 Å². The van der Waals surface area contributed by atoms with Gasteiger partial charge in [0.15, 0.2) is 0 Å². The number of rotatable bonds is 4. The quantitative estimate of drug-likeness (QED) is 0.813. The molecule has 0 aliphatic heterocycles.